The number of nitroso groups, excluding NO2 is 1. The van der Waals surface area contributed by atoms with Crippen LogP contribution in [0.25, 0.3) is 0 Å². The fourth-order valence-electron chi connectivity index (χ4n) is 0.540. The summed E-state index contributed by atoms with van der Waals surface area (Å²) < 4.78 is 0. The van der Waals surface area contributed by atoms with Gasteiger partial charge in [-0.3, -0.25) is 5.28 Å². The Hall–Kier alpha value is -0.760. The van der Waals surface area contributed by atoms with Gasteiger partial charge < -0.3 is 16.7 Å². The highest BCUT2D eigenvalue weighted by Gasteiger charge is 1.99. The van der Waals surface area contributed by atoms with E-state index in [0.717, 1.165) is 0 Å². The molecule has 1 atom stereocenters. The van der Waals surface area contributed by atoms with E-state index < -0.39 is 0 Å². The number of nitrogens with two attached hydrogens (primary N) is 2. The minimum Gasteiger partial charge on any atom is -0.724 e. The third kappa shape index (κ3) is 5.67. The van der Waals surface area contributed by atoms with Crippen LogP contribution in [-0.2, 0) is 0 Å². The molecule has 0 aromatic rings. The van der Waals surface area contributed by atoms with Gasteiger partial charge in [0.1, 0.15) is 0 Å². The van der Waals surface area contributed by atoms with Crippen LogP contribution in [0.5, 0.6) is 0 Å². The van der Waals surface area contributed by atoms with Crippen molar-refractivity contribution in [2.45, 2.75) is 12.5 Å². The maximum Gasteiger partial charge on any atom is 0.0576 e. The minimum absolute atomic E-state index is 0.170. The Morgan fingerprint density at radius 1 is 1.73 bits per heavy atom. The van der Waals surface area contributed by atoms with Gasteiger partial charge in [0.05, 0.1) is 5.29 Å². The van der Waals surface area contributed by atoms with Crippen LogP contribution in [0.2, 0.25) is 0 Å². The molecule has 0 saturated carbocycles. The fraction of sp³-hybridized carbons (Fsp3) is 1.00. The Kier molecular flexibility index (Phi) is 5.57. The molecule has 0 rings (SSSR count). The van der Waals surface area contributed by atoms with Gasteiger partial charge in [0.25, 0.3) is 0 Å². The van der Waals surface area contributed by atoms with Crippen LogP contribution < -0.4 is 16.9 Å². The molecular weight excluding hydrogens is 150 g/mol. The maximum atomic E-state index is 10.2. The summed E-state index contributed by atoms with van der Waals surface area (Å²) in [7, 11) is 0. The highest BCUT2D eigenvalue weighted by Crippen LogP contribution is 1.84. The summed E-state index contributed by atoms with van der Waals surface area (Å²) in [5.74, 6) is 0. The normalized spacial score (nSPS) is 12.6. The SMILES string of the molecule is NCCC(N)CNN([O-])N=O. The molecule has 0 aliphatic heterocycles. The zero-order valence-electron chi connectivity index (χ0n) is 6.06. The molecule has 7 heteroatoms. The molecule has 1 unspecified atom stereocenters. The highest BCUT2D eigenvalue weighted by atomic mass is 16.6. The minimum atomic E-state index is -0.224. The van der Waals surface area contributed by atoms with Crippen molar-refractivity contribution in [1.82, 2.24) is 10.7 Å². The van der Waals surface area contributed by atoms with Gasteiger partial charge in [-0.2, -0.15) is 0 Å². The number of hydrogen-bond donors (Lipinski definition) is 3. The summed E-state index contributed by atoms with van der Waals surface area (Å²) in [4.78, 5) is 9.51. The van der Waals surface area contributed by atoms with E-state index in [2.05, 4.69) is 10.7 Å². The Bertz CT molecular complexity index is 111. The van der Waals surface area contributed by atoms with E-state index in [1.165, 1.54) is 0 Å². The molecule has 0 radical (unpaired) electrons. The number of hydrazine groups is 1. The van der Waals surface area contributed by atoms with E-state index >= 15 is 0 Å². The molecule has 0 bridgehead atoms. The number of nitrogens with one attached hydrogen (secondary N) is 1. The zero-order chi connectivity index (χ0) is 8.69. The van der Waals surface area contributed by atoms with E-state index in [1.807, 2.05) is 0 Å². The van der Waals surface area contributed by atoms with Gasteiger partial charge in [0.15, 0.2) is 0 Å². The average Bonchev–Trinajstić information content (AvgIpc) is 2.01. The van der Waals surface area contributed by atoms with Gasteiger partial charge in [0.2, 0.25) is 0 Å². The van der Waals surface area contributed by atoms with Crippen LogP contribution in [0.15, 0.2) is 5.29 Å². The Balaban J connectivity index is 3.29. The first-order valence-electron chi connectivity index (χ1n) is 3.20. The zero-order valence-corrected chi connectivity index (χ0v) is 6.06. The predicted molar refractivity (Wildman–Crippen MR) is 40.7 cm³/mol. The van der Waals surface area contributed by atoms with Gasteiger partial charge in [-0.1, -0.05) is 0 Å². The molecule has 0 aliphatic carbocycles. The van der Waals surface area contributed by atoms with Crippen LogP contribution in [0.1, 0.15) is 6.42 Å². The second-order valence-electron chi connectivity index (χ2n) is 2.05. The molecule has 0 aromatic carbocycles. The van der Waals surface area contributed by atoms with Crippen LogP contribution in [0.3, 0.4) is 0 Å². The largest absolute Gasteiger partial charge is 0.724 e. The van der Waals surface area contributed by atoms with Crippen molar-refractivity contribution in [3.05, 3.63) is 10.1 Å². The van der Waals surface area contributed by atoms with Crippen molar-refractivity contribution in [3.63, 3.8) is 0 Å². The Labute approximate surface area is 64.2 Å². The topological polar surface area (TPSA) is 120 Å². The van der Waals surface area contributed by atoms with E-state index in [1.54, 1.807) is 0 Å². The molecule has 7 nitrogen and oxygen atoms in total. The van der Waals surface area contributed by atoms with Gasteiger partial charge in [-0.05, 0) is 13.0 Å². The monoisotopic (exact) mass is 162 g/mol. The summed E-state index contributed by atoms with van der Waals surface area (Å²) in [5, 5.41) is 12.0. The van der Waals surface area contributed by atoms with E-state index in [4.69, 9.17) is 11.5 Å². The second kappa shape index (κ2) is 5.98. The molecule has 0 aliphatic rings. The lowest BCUT2D eigenvalue weighted by atomic mass is 10.2. The van der Waals surface area contributed by atoms with Crippen LogP contribution in [0, 0.1) is 10.1 Å². The van der Waals surface area contributed by atoms with E-state index in [-0.39, 0.29) is 17.9 Å². The fourth-order valence-corrected chi connectivity index (χ4v) is 0.540. The molecule has 0 aromatic heterocycles. The number of hydrogen-bond acceptors (Lipinski definition) is 6. The predicted octanol–water partition coefficient (Wildman–Crippen LogP) is -1.35. The first-order chi connectivity index (χ1) is 5.20. The lowest BCUT2D eigenvalue weighted by molar-refractivity contribution is 0.269. The van der Waals surface area contributed by atoms with Gasteiger partial charge in [-0.15, -0.1) is 4.91 Å². The summed E-state index contributed by atoms with van der Waals surface area (Å²) >= 11 is 0. The lowest BCUT2D eigenvalue weighted by Gasteiger charge is -2.22. The molecule has 0 amide bonds. The average molecular weight is 162 g/mol. The third-order valence-electron chi connectivity index (χ3n) is 1.10. The second-order valence-corrected chi connectivity index (χ2v) is 2.05. The number of rotatable bonds is 6. The molecule has 5 N–H and O–H groups in total. The van der Waals surface area contributed by atoms with Gasteiger partial charge >= 0.3 is 0 Å². The van der Waals surface area contributed by atoms with Crippen molar-refractivity contribution in [3.8, 4) is 0 Å². The third-order valence-corrected chi connectivity index (χ3v) is 1.10. The molecular formula is C4H12N5O2-. The molecule has 0 heterocycles. The Morgan fingerprint density at radius 2 is 2.36 bits per heavy atom. The first-order valence-corrected chi connectivity index (χ1v) is 3.20. The molecule has 0 fully saturated rings. The van der Waals surface area contributed by atoms with E-state index in [9.17, 15) is 10.1 Å². The molecule has 66 valence electrons. The summed E-state index contributed by atoms with van der Waals surface area (Å²) in [5.41, 5.74) is 12.8. The lowest BCUT2D eigenvalue weighted by Crippen LogP contribution is -2.40. The van der Waals surface area contributed by atoms with Crippen LogP contribution >= 0.6 is 0 Å². The maximum absolute atomic E-state index is 10.2. The van der Waals surface area contributed by atoms with Crippen LogP contribution in [0.4, 0.5) is 0 Å². The molecule has 0 spiro atoms. The van der Waals surface area contributed by atoms with Crippen molar-refractivity contribution >= 4 is 0 Å². The van der Waals surface area contributed by atoms with Crippen molar-refractivity contribution in [2.75, 3.05) is 13.1 Å². The van der Waals surface area contributed by atoms with Crippen molar-refractivity contribution in [1.29, 1.82) is 0 Å². The van der Waals surface area contributed by atoms with Gasteiger partial charge in [-0.25, -0.2) is 5.43 Å². The standard InChI is InChI=1S/C4H12N5O2/c5-2-1-4(6)3-7-9(11)8-10/h4,7H,1-3,5-6H2/q-1. The molecule has 11 heavy (non-hydrogen) atoms. The molecule has 0 saturated heterocycles. The highest BCUT2D eigenvalue weighted by molar-refractivity contribution is 4.63. The van der Waals surface area contributed by atoms with Gasteiger partial charge in [0, 0.05) is 12.6 Å². The first kappa shape index (κ1) is 10.2. The van der Waals surface area contributed by atoms with Crippen LogP contribution in [-0.4, -0.2) is 24.4 Å². The number of nitrogens with zero attached hydrogens (tertiary/aromatic N) is 2. The summed E-state index contributed by atoms with van der Waals surface area (Å²) in [6, 6.07) is -0.224. The Morgan fingerprint density at radius 3 is 2.82 bits per heavy atom. The van der Waals surface area contributed by atoms with Crippen molar-refractivity contribution < 1.29 is 0 Å². The summed E-state index contributed by atoms with van der Waals surface area (Å²) in [6.07, 6.45) is 0.597. The van der Waals surface area contributed by atoms with E-state index in [0.29, 0.717) is 13.0 Å². The smallest absolute Gasteiger partial charge is 0.0576 e. The summed E-state index contributed by atoms with van der Waals surface area (Å²) in [6.45, 7) is 0.655. The quantitative estimate of drug-likeness (QED) is 0.328. The van der Waals surface area contributed by atoms with Crippen molar-refractivity contribution in [2.24, 2.45) is 16.8 Å².